The number of hydrogen-bond donors (Lipinski definition) is 0. The molecule has 4 nitrogen and oxygen atoms in total. The Morgan fingerprint density at radius 2 is 1.95 bits per heavy atom. The smallest absolute Gasteiger partial charge is 0.309 e. The summed E-state index contributed by atoms with van der Waals surface area (Å²) in [5.74, 6) is 0.605. The van der Waals surface area contributed by atoms with Gasteiger partial charge in [0.25, 0.3) is 0 Å². The largest absolute Gasteiger partial charge is 0.494 e. The van der Waals surface area contributed by atoms with E-state index in [9.17, 15) is 4.79 Å². The lowest BCUT2D eigenvalue weighted by atomic mass is 10.1. The van der Waals surface area contributed by atoms with Gasteiger partial charge in [-0.25, -0.2) is 0 Å². The molecule has 0 aliphatic heterocycles. The van der Waals surface area contributed by atoms with E-state index in [1.54, 1.807) is 0 Å². The van der Waals surface area contributed by atoms with E-state index in [0.717, 1.165) is 12.3 Å². The summed E-state index contributed by atoms with van der Waals surface area (Å²) >= 11 is 0. The lowest BCUT2D eigenvalue weighted by molar-refractivity contribution is -0.145. The summed E-state index contributed by atoms with van der Waals surface area (Å²) in [7, 11) is 3.42. The van der Waals surface area contributed by atoms with Crippen LogP contribution in [0.1, 0.15) is 19.4 Å². The summed E-state index contributed by atoms with van der Waals surface area (Å²) in [5.41, 5.74) is 1.20. The first-order valence-corrected chi connectivity index (χ1v) is 6.55. The molecule has 0 bridgehead atoms. The van der Waals surface area contributed by atoms with E-state index in [4.69, 9.17) is 9.47 Å². The molecule has 0 aliphatic rings. The SMILES string of the molecule is CCOc1ccc(CN(C)CC(C)C(=O)OC)cc1. The Balaban J connectivity index is 2.47. The summed E-state index contributed by atoms with van der Waals surface area (Å²) in [6, 6.07) is 8.03. The van der Waals surface area contributed by atoms with E-state index >= 15 is 0 Å². The van der Waals surface area contributed by atoms with Crippen LogP contribution in [0, 0.1) is 5.92 Å². The first-order valence-electron chi connectivity index (χ1n) is 6.55. The van der Waals surface area contributed by atoms with Crippen molar-refractivity contribution in [2.75, 3.05) is 27.3 Å². The molecule has 0 fully saturated rings. The number of hydrogen-bond acceptors (Lipinski definition) is 4. The lowest BCUT2D eigenvalue weighted by Crippen LogP contribution is -2.29. The van der Waals surface area contributed by atoms with Crippen LogP contribution in [0.5, 0.6) is 5.75 Å². The predicted octanol–water partition coefficient (Wildman–Crippen LogP) is 2.33. The van der Waals surface area contributed by atoms with Crippen LogP contribution >= 0.6 is 0 Å². The van der Waals surface area contributed by atoms with E-state index < -0.39 is 0 Å². The average molecular weight is 265 g/mol. The number of ether oxygens (including phenoxy) is 2. The zero-order chi connectivity index (χ0) is 14.3. The second-order valence-corrected chi connectivity index (χ2v) is 4.70. The number of methoxy groups -OCH3 is 1. The number of esters is 1. The highest BCUT2D eigenvalue weighted by atomic mass is 16.5. The van der Waals surface area contributed by atoms with Crippen molar-refractivity contribution in [2.24, 2.45) is 5.92 Å². The van der Waals surface area contributed by atoms with Crippen LogP contribution in [-0.2, 0) is 16.1 Å². The fourth-order valence-corrected chi connectivity index (χ4v) is 1.98. The predicted molar refractivity (Wildman–Crippen MR) is 75.1 cm³/mol. The van der Waals surface area contributed by atoms with Crippen molar-refractivity contribution < 1.29 is 14.3 Å². The molecule has 0 aliphatic carbocycles. The van der Waals surface area contributed by atoms with Gasteiger partial charge in [-0.3, -0.25) is 4.79 Å². The van der Waals surface area contributed by atoms with Crippen molar-refractivity contribution >= 4 is 5.97 Å². The summed E-state index contributed by atoms with van der Waals surface area (Å²) in [4.78, 5) is 13.5. The average Bonchev–Trinajstić information content (AvgIpc) is 2.40. The van der Waals surface area contributed by atoms with Gasteiger partial charge in [0, 0.05) is 13.1 Å². The second-order valence-electron chi connectivity index (χ2n) is 4.70. The van der Waals surface area contributed by atoms with Gasteiger partial charge in [0.05, 0.1) is 19.6 Å². The van der Waals surface area contributed by atoms with Gasteiger partial charge in [0.1, 0.15) is 5.75 Å². The first-order chi connectivity index (χ1) is 9.06. The van der Waals surface area contributed by atoms with Crippen LogP contribution in [0.25, 0.3) is 0 Å². The van der Waals surface area contributed by atoms with Crippen molar-refractivity contribution in [1.29, 1.82) is 0 Å². The van der Waals surface area contributed by atoms with E-state index in [0.29, 0.717) is 13.2 Å². The Bertz CT molecular complexity index is 389. The molecule has 0 saturated carbocycles. The fraction of sp³-hybridized carbons (Fsp3) is 0.533. The molecule has 106 valence electrons. The number of benzene rings is 1. The van der Waals surface area contributed by atoms with Crippen LogP contribution in [0.2, 0.25) is 0 Å². The standard InChI is InChI=1S/C15H23NO3/c1-5-19-14-8-6-13(7-9-14)11-16(3)10-12(2)15(17)18-4/h6-9,12H,5,10-11H2,1-4H3. The van der Waals surface area contributed by atoms with E-state index in [-0.39, 0.29) is 11.9 Å². The molecule has 1 unspecified atom stereocenters. The maximum absolute atomic E-state index is 11.4. The Labute approximate surface area is 115 Å². The Morgan fingerprint density at radius 3 is 2.47 bits per heavy atom. The minimum Gasteiger partial charge on any atom is -0.494 e. The Hall–Kier alpha value is -1.55. The van der Waals surface area contributed by atoms with Crippen LogP contribution in [-0.4, -0.2) is 38.2 Å². The zero-order valence-corrected chi connectivity index (χ0v) is 12.2. The molecule has 0 spiro atoms. The number of carbonyl (C=O) groups excluding carboxylic acids is 1. The molecule has 0 aromatic heterocycles. The number of nitrogens with zero attached hydrogens (tertiary/aromatic N) is 1. The lowest BCUT2D eigenvalue weighted by Gasteiger charge is -2.20. The summed E-state index contributed by atoms with van der Waals surface area (Å²) in [6.07, 6.45) is 0. The number of carbonyl (C=O) groups is 1. The molecular weight excluding hydrogens is 242 g/mol. The van der Waals surface area contributed by atoms with Gasteiger partial charge < -0.3 is 14.4 Å². The third kappa shape index (κ3) is 5.30. The third-order valence-corrected chi connectivity index (χ3v) is 2.88. The minimum absolute atomic E-state index is 0.113. The monoisotopic (exact) mass is 265 g/mol. The highest BCUT2D eigenvalue weighted by molar-refractivity contribution is 5.72. The molecule has 4 heteroatoms. The van der Waals surface area contributed by atoms with Gasteiger partial charge in [-0.1, -0.05) is 19.1 Å². The third-order valence-electron chi connectivity index (χ3n) is 2.88. The Kier molecular flexibility index (Phi) is 6.36. The zero-order valence-electron chi connectivity index (χ0n) is 12.2. The van der Waals surface area contributed by atoms with Crippen molar-refractivity contribution in [3.63, 3.8) is 0 Å². The van der Waals surface area contributed by atoms with Crippen molar-refractivity contribution in [1.82, 2.24) is 4.90 Å². The van der Waals surface area contributed by atoms with Crippen molar-refractivity contribution in [2.45, 2.75) is 20.4 Å². The van der Waals surface area contributed by atoms with Gasteiger partial charge in [0.2, 0.25) is 0 Å². The second kappa shape index (κ2) is 7.79. The van der Waals surface area contributed by atoms with Gasteiger partial charge in [-0.05, 0) is 31.7 Å². The highest BCUT2D eigenvalue weighted by Crippen LogP contribution is 2.13. The fourth-order valence-electron chi connectivity index (χ4n) is 1.98. The van der Waals surface area contributed by atoms with Gasteiger partial charge in [-0.15, -0.1) is 0 Å². The summed E-state index contributed by atoms with van der Waals surface area (Å²) in [6.45, 7) is 6.00. The maximum atomic E-state index is 11.4. The molecule has 0 heterocycles. The van der Waals surface area contributed by atoms with Crippen LogP contribution < -0.4 is 4.74 Å². The van der Waals surface area contributed by atoms with Gasteiger partial charge in [-0.2, -0.15) is 0 Å². The highest BCUT2D eigenvalue weighted by Gasteiger charge is 2.15. The molecule has 1 rings (SSSR count). The van der Waals surface area contributed by atoms with Crippen LogP contribution in [0.4, 0.5) is 0 Å². The van der Waals surface area contributed by atoms with E-state index in [1.165, 1.54) is 12.7 Å². The number of rotatable bonds is 7. The molecule has 1 atom stereocenters. The van der Waals surface area contributed by atoms with E-state index in [2.05, 4.69) is 4.90 Å². The quantitative estimate of drug-likeness (QED) is 0.709. The maximum Gasteiger partial charge on any atom is 0.309 e. The Morgan fingerprint density at radius 1 is 1.32 bits per heavy atom. The van der Waals surface area contributed by atoms with Crippen molar-refractivity contribution in [3.05, 3.63) is 29.8 Å². The normalized spacial score (nSPS) is 12.3. The van der Waals surface area contributed by atoms with Gasteiger partial charge >= 0.3 is 5.97 Å². The molecule has 1 aromatic carbocycles. The molecule has 0 N–H and O–H groups in total. The van der Waals surface area contributed by atoms with Crippen LogP contribution in [0.3, 0.4) is 0 Å². The molecule has 0 radical (unpaired) electrons. The topological polar surface area (TPSA) is 38.8 Å². The summed E-state index contributed by atoms with van der Waals surface area (Å²) < 4.78 is 10.1. The van der Waals surface area contributed by atoms with Crippen molar-refractivity contribution in [3.8, 4) is 5.75 Å². The summed E-state index contributed by atoms with van der Waals surface area (Å²) in [5, 5.41) is 0. The van der Waals surface area contributed by atoms with Crippen LogP contribution in [0.15, 0.2) is 24.3 Å². The molecule has 1 aromatic rings. The molecule has 0 saturated heterocycles. The van der Waals surface area contributed by atoms with E-state index in [1.807, 2.05) is 45.2 Å². The van der Waals surface area contributed by atoms with Gasteiger partial charge in [0.15, 0.2) is 0 Å². The first kappa shape index (κ1) is 15.5. The molecule has 0 amide bonds. The minimum atomic E-state index is -0.168. The molecule has 19 heavy (non-hydrogen) atoms. The molecular formula is C15H23NO3.